The van der Waals surface area contributed by atoms with Crippen LogP contribution in [-0.4, -0.2) is 13.4 Å². The first-order valence-corrected chi connectivity index (χ1v) is 8.44. The molecule has 0 unspecified atom stereocenters. The average molecular weight is 376 g/mol. The largest absolute Gasteiger partial charge is 0.244 e. The van der Waals surface area contributed by atoms with Crippen LogP contribution < -0.4 is 4.72 Å². The number of aromatic nitrogens is 1. The Morgan fingerprint density at radius 2 is 1.95 bits per heavy atom. The van der Waals surface area contributed by atoms with Gasteiger partial charge >= 0.3 is 0 Å². The Bertz CT molecular complexity index is 708. The predicted octanol–water partition coefficient (Wildman–Crippen LogP) is 3.54. The lowest BCUT2D eigenvalue weighted by Crippen LogP contribution is -2.27. The fourth-order valence-corrected chi connectivity index (χ4v) is 3.87. The number of nitrogens with zero attached hydrogens (tertiary/aromatic N) is 1. The standard InChI is InChI=1S/C13H12BrClN2O2S/c1-9(10-5-3-2-4-6-10)17-20(18,19)12-7-11(14)8-16-13(12)15/h2-9,17H,1H3/t9-/m0/s1. The van der Waals surface area contributed by atoms with Gasteiger partial charge in [-0.2, -0.15) is 0 Å². The van der Waals surface area contributed by atoms with E-state index in [2.05, 4.69) is 25.6 Å². The summed E-state index contributed by atoms with van der Waals surface area (Å²) in [6.07, 6.45) is 1.45. The first kappa shape index (κ1) is 15.4. The number of rotatable bonds is 4. The first-order valence-electron chi connectivity index (χ1n) is 5.78. The number of hydrogen-bond donors (Lipinski definition) is 1. The summed E-state index contributed by atoms with van der Waals surface area (Å²) in [4.78, 5) is 3.78. The number of sulfonamides is 1. The van der Waals surface area contributed by atoms with Crippen LogP contribution in [0.3, 0.4) is 0 Å². The zero-order chi connectivity index (χ0) is 14.8. The highest BCUT2D eigenvalue weighted by Gasteiger charge is 2.22. The van der Waals surface area contributed by atoms with Crippen molar-refractivity contribution in [3.05, 3.63) is 57.8 Å². The van der Waals surface area contributed by atoms with Gasteiger partial charge in [0.2, 0.25) is 10.0 Å². The van der Waals surface area contributed by atoms with E-state index in [9.17, 15) is 8.42 Å². The van der Waals surface area contributed by atoms with E-state index in [-0.39, 0.29) is 16.1 Å². The summed E-state index contributed by atoms with van der Waals surface area (Å²) < 4.78 is 27.8. The Balaban J connectivity index is 2.30. The van der Waals surface area contributed by atoms with E-state index in [1.54, 1.807) is 6.92 Å². The molecule has 0 aliphatic heterocycles. The van der Waals surface area contributed by atoms with Crippen molar-refractivity contribution in [1.82, 2.24) is 9.71 Å². The van der Waals surface area contributed by atoms with E-state index >= 15 is 0 Å². The second-order valence-corrected chi connectivity index (χ2v) is 7.15. The lowest BCUT2D eigenvalue weighted by Gasteiger charge is -2.15. The SMILES string of the molecule is C[C@H](NS(=O)(=O)c1cc(Br)cnc1Cl)c1ccccc1. The second kappa shape index (κ2) is 6.22. The molecule has 0 amide bonds. The summed E-state index contributed by atoms with van der Waals surface area (Å²) in [6.45, 7) is 1.77. The number of halogens is 2. The van der Waals surface area contributed by atoms with Crippen LogP contribution in [0.25, 0.3) is 0 Å². The van der Waals surface area contributed by atoms with Crippen LogP contribution in [0.15, 0.2) is 52.0 Å². The molecular formula is C13H12BrClN2O2S. The topological polar surface area (TPSA) is 59.1 Å². The zero-order valence-corrected chi connectivity index (χ0v) is 13.7. The molecule has 0 aliphatic rings. The summed E-state index contributed by atoms with van der Waals surface area (Å²) in [6, 6.07) is 10.4. The molecule has 0 fully saturated rings. The maximum atomic E-state index is 12.3. The normalized spacial score (nSPS) is 13.2. The minimum Gasteiger partial charge on any atom is -0.242 e. The third kappa shape index (κ3) is 3.58. The fraction of sp³-hybridized carbons (Fsp3) is 0.154. The molecule has 0 bridgehead atoms. The van der Waals surface area contributed by atoms with E-state index in [4.69, 9.17) is 11.6 Å². The first-order chi connectivity index (χ1) is 9.40. The molecular weight excluding hydrogens is 364 g/mol. The number of benzene rings is 1. The molecule has 1 aromatic carbocycles. The van der Waals surface area contributed by atoms with Gasteiger partial charge in [-0.15, -0.1) is 0 Å². The maximum Gasteiger partial charge on any atom is 0.244 e. The number of pyridine rings is 1. The quantitative estimate of drug-likeness (QED) is 0.832. The van der Waals surface area contributed by atoms with Crippen LogP contribution in [0.5, 0.6) is 0 Å². The molecule has 0 saturated heterocycles. The number of nitrogens with one attached hydrogen (secondary N) is 1. The van der Waals surface area contributed by atoms with E-state index in [0.717, 1.165) is 5.56 Å². The van der Waals surface area contributed by atoms with Gasteiger partial charge in [-0.05, 0) is 34.5 Å². The summed E-state index contributed by atoms with van der Waals surface area (Å²) in [5, 5.41) is -0.0547. The molecule has 0 radical (unpaired) electrons. The monoisotopic (exact) mass is 374 g/mol. The molecule has 4 nitrogen and oxygen atoms in total. The van der Waals surface area contributed by atoms with Gasteiger partial charge in [0.25, 0.3) is 0 Å². The Hall–Kier alpha value is -0.950. The van der Waals surface area contributed by atoms with Gasteiger partial charge in [0.1, 0.15) is 10.0 Å². The van der Waals surface area contributed by atoms with Crippen molar-refractivity contribution in [1.29, 1.82) is 0 Å². The summed E-state index contributed by atoms with van der Waals surface area (Å²) in [5.74, 6) is 0. The van der Waals surface area contributed by atoms with Gasteiger partial charge in [-0.3, -0.25) is 0 Å². The highest BCUT2D eigenvalue weighted by molar-refractivity contribution is 9.10. The fourth-order valence-electron chi connectivity index (χ4n) is 1.70. The van der Waals surface area contributed by atoms with Gasteiger partial charge < -0.3 is 0 Å². The molecule has 1 heterocycles. The third-order valence-corrected chi connectivity index (χ3v) is 5.10. The summed E-state index contributed by atoms with van der Waals surface area (Å²) in [7, 11) is -3.74. The van der Waals surface area contributed by atoms with E-state index in [1.165, 1.54) is 12.3 Å². The number of hydrogen-bond acceptors (Lipinski definition) is 3. The van der Waals surface area contributed by atoms with Crippen molar-refractivity contribution >= 4 is 37.6 Å². The summed E-state index contributed by atoms with van der Waals surface area (Å²) in [5.41, 5.74) is 0.871. The molecule has 0 spiro atoms. The van der Waals surface area contributed by atoms with Crippen molar-refractivity contribution < 1.29 is 8.42 Å². The molecule has 1 atom stereocenters. The minimum absolute atomic E-state index is 0.0451. The van der Waals surface area contributed by atoms with Crippen LogP contribution in [-0.2, 0) is 10.0 Å². The molecule has 2 aromatic rings. The Kier molecular flexibility index (Phi) is 4.80. The van der Waals surface area contributed by atoms with Gasteiger partial charge in [-0.1, -0.05) is 41.9 Å². The molecule has 20 heavy (non-hydrogen) atoms. The van der Waals surface area contributed by atoms with Gasteiger partial charge in [0, 0.05) is 16.7 Å². The molecule has 0 saturated carbocycles. The van der Waals surface area contributed by atoms with Gasteiger partial charge in [0.15, 0.2) is 0 Å². The zero-order valence-electron chi connectivity index (χ0n) is 10.5. The van der Waals surface area contributed by atoms with E-state index < -0.39 is 10.0 Å². The second-order valence-electron chi connectivity index (χ2n) is 4.20. The highest BCUT2D eigenvalue weighted by Crippen LogP contribution is 2.24. The van der Waals surface area contributed by atoms with E-state index in [0.29, 0.717) is 4.47 Å². The van der Waals surface area contributed by atoms with Crippen LogP contribution in [0, 0.1) is 0 Å². The molecule has 7 heteroatoms. The van der Waals surface area contributed by atoms with Crippen molar-refractivity contribution in [2.45, 2.75) is 17.9 Å². The van der Waals surface area contributed by atoms with Crippen molar-refractivity contribution in [2.24, 2.45) is 0 Å². The van der Waals surface area contributed by atoms with Crippen LogP contribution in [0.4, 0.5) is 0 Å². The van der Waals surface area contributed by atoms with Crippen LogP contribution in [0.1, 0.15) is 18.5 Å². The van der Waals surface area contributed by atoms with Crippen LogP contribution >= 0.6 is 27.5 Å². The molecule has 1 N–H and O–H groups in total. The molecule has 0 aliphatic carbocycles. The lowest BCUT2D eigenvalue weighted by atomic mass is 10.1. The van der Waals surface area contributed by atoms with Crippen LogP contribution in [0.2, 0.25) is 5.15 Å². The van der Waals surface area contributed by atoms with Crippen molar-refractivity contribution in [3.8, 4) is 0 Å². The predicted molar refractivity (Wildman–Crippen MR) is 82.1 cm³/mol. The van der Waals surface area contributed by atoms with Crippen molar-refractivity contribution in [2.75, 3.05) is 0 Å². The Morgan fingerprint density at radius 1 is 1.30 bits per heavy atom. The third-order valence-electron chi connectivity index (χ3n) is 2.69. The Morgan fingerprint density at radius 3 is 2.60 bits per heavy atom. The highest BCUT2D eigenvalue weighted by atomic mass is 79.9. The molecule has 1 aromatic heterocycles. The maximum absolute atomic E-state index is 12.3. The van der Waals surface area contributed by atoms with Gasteiger partial charge in [-0.25, -0.2) is 18.1 Å². The minimum atomic E-state index is -3.74. The molecule has 106 valence electrons. The Labute approximate surface area is 131 Å². The lowest BCUT2D eigenvalue weighted by molar-refractivity contribution is 0.566. The average Bonchev–Trinajstić information content (AvgIpc) is 2.42. The summed E-state index contributed by atoms with van der Waals surface area (Å²) >= 11 is 9.05. The van der Waals surface area contributed by atoms with E-state index in [1.807, 2.05) is 30.3 Å². The van der Waals surface area contributed by atoms with Crippen molar-refractivity contribution in [3.63, 3.8) is 0 Å². The van der Waals surface area contributed by atoms with Gasteiger partial charge in [0.05, 0.1) is 0 Å². The molecule has 2 rings (SSSR count). The smallest absolute Gasteiger partial charge is 0.242 e.